The Hall–Kier alpha value is -2.29. The Bertz CT molecular complexity index is 1400. The number of rotatable bonds is 53. The van der Waals surface area contributed by atoms with Crippen LogP contribution >= 0.6 is 7.82 Å². The normalized spacial score (nSPS) is 14.2. The third-order valence-electron chi connectivity index (χ3n) is 12.9. The number of likely N-dealkylation sites (N-methyl/N-ethyl adjacent to an activating group) is 1. The van der Waals surface area contributed by atoms with Gasteiger partial charge in [0.15, 0.2) is 0 Å². The summed E-state index contributed by atoms with van der Waals surface area (Å²) in [5, 5.41) is 3.04. The molecule has 10 heteroatoms. The number of carbonyl (C=O) groups excluding carboxylic acids is 2. The second kappa shape index (κ2) is 51.2. The van der Waals surface area contributed by atoms with E-state index in [1.165, 1.54) is 135 Å². The molecule has 1 amide bonds. The summed E-state index contributed by atoms with van der Waals surface area (Å²) >= 11 is 0. The van der Waals surface area contributed by atoms with Crippen LogP contribution < -0.4 is 5.32 Å². The Balaban J connectivity index is 5.15. The number of hydrogen-bond acceptors (Lipinski definition) is 6. The zero-order valence-corrected chi connectivity index (χ0v) is 48.1. The number of allylic oxidation sites excluding steroid dienone is 9. The van der Waals surface area contributed by atoms with Gasteiger partial charge in [-0.05, 0) is 89.5 Å². The molecule has 0 aliphatic carbocycles. The first kappa shape index (κ1) is 68.7. The maximum atomic E-state index is 13.4. The van der Waals surface area contributed by atoms with Crippen molar-refractivity contribution in [1.29, 1.82) is 0 Å². The first-order valence-electron chi connectivity index (χ1n) is 29.6. The zero-order chi connectivity index (χ0) is 52.2. The Morgan fingerprint density at radius 2 is 0.873 bits per heavy atom. The van der Waals surface area contributed by atoms with Gasteiger partial charge < -0.3 is 19.4 Å². The summed E-state index contributed by atoms with van der Waals surface area (Å²) in [5.74, 6) is -0.520. The van der Waals surface area contributed by atoms with E-state index in [0.29, 0.717) is 17.4 Å². The van der Waals surface area contributed by atoms with Crippen molar-refractivity contribution in [2.75, 3.05) is 40.9 Å². The first-order chi connectivity index (χ1) is 34.4. The highest BCUT2D eigenvalue weighted by Gasteiger charge is 2.30. The van der Waals surface area contributed by atoms with Gasteiger partial charge in [-0.15, -0.1) is 0 Å². The highest BCUT2D eigenvalue weighted by Crippen LogP contribution is 2.43. The number of nitrogens with one attached hydrogen (secondary N) is 1. The van der Waals surface area contributed by atoms with Crippen LogP contribution in [0.15, 0.2) is 60.8 Å². The number of amides is 1. The molecule has 0 radical (unpaired) electrons. The Morgan fingerprint density at radius 1 is 0.493 bits per heavy atom. The summed E-state index contributed by atoms with van der Waals surface area (Å²) in [5.41, 5.74) is 0. The third kappa shape index (κ3) is 52.4. The average Bonchev–Trinajstić information content (AvgIpc) is 3.33. The highest BCUT2D eigenvalue weighted by molar-refractivity contribution is 7.47. The SMILES string of the molecule is CCCC/C=C\CCCCCCCC(=O)NC(COP(=O)(O)OCC[N+](C)(C)C)C(/C=C\CCCCCCCCCCC)OC(=O)CCCCCCCCCCCC/C=C\C/C=C\C/C=C\CCCCC. The summed E-state index contributed by atoms with van der Waals surface area (Å²) < 4.78 is 30.6. The molecule has 3 unspecified atom stereocenters. The number of phosphoric acid groups is 1. The highest BCUT2D eigenvalue weighted by atomic mass is 31.2. The van der Waals surface area contributed by atoms with E-state index in [0.717, 1.165) is 96.3 Å². The van der Waals surface area contributed by atoms with Crippen LogP contribution in [-0.2, 0) is 27.9 Å². The minimum atomic E-state index is -4.44. The molecule has 0 spiro atoms. The van der Waals surface area contributed by atoms with Gasteiger partial charge in [-0.25, -0.2) is 4.57 Å². The van der Waals surface area contributed by atoms with Gasteiger partial charge in [0.1, 0.15) is 19.3 Å². The van der Waals surface area contributed by atoms with Crippen LogP contribution in [0.3, 0.4) is 0 Å². The molecule has 2 N–H and O–H groups in total. The molecule has 0 aromatic heterocycles. The molecule has 0 aliphatic rings. The van der Waals surface area contributed by atoms with E-state index in [2.05, 4.69) is 74.7 Å². The second-order valence-corrected chi connectivity index (χ2v) is 22.6. The molecular formula is C61H114N2O7P+. The molecule has 0 saturated carbocycles. The monoisotopic (exact) mass is 1020 g/mol. The lowest BCUT2D eigenvalue weighted by atomic mass is 10.0. The lowest BCUT2D eigenvalue weighted by molar-refractivity contribution is -0.870. The minimum Gasteiger partial charge on any atom is -0.456 e. The second-order valence-electron chi connectivity index (χ2n) is 21.2. The molecule has 0 fully saturated rings. The molecule has 71 heavy (non-hydrogen) atoms. The number of ether oxygens (including phenoxy) is 1. The number of phosphoric ester groups is 1. The smallest absolute Gasteiger partial charge is 0.456 e. The van der Waals surface area contributed by atoms with Gasteiger partial charge >= 0.3 is 13.8 Å². The maximum Gasteiger partial charge on any atom is 0.472 e. The van der Waals surface area contributed by atoms with Gasteiger partial charge in [0.2, 0.25) is 5.91 Å². The molecular weight excluding hydrogens is 904 g/mol. The van der Waals surface area contributed by atoms with Gasteiger partial charge in [0, 0.05) is 12.8 Å². The zero-order valence-electron chi connectivity index (χ0n) is 47.2. The van der Waals surface area contributed by atoms with E-state index in [4.69, 9.17) is 13.8 Å². The summed E-state index contributed by atoms with van der Waals surface area (Å²) in [7, 11) is 1.49. The van der Waals surface area contributed by atoms with E-state index in [-0.39, 0.29) is 31.5 Å². The lowest BCUT2D eigenvalue weighted by Crippen LogP contribution is -2.47. The van der Waals surface area contributed by atoms with E-state index < -0.39 is 20.0 Å². The van der Waals surface area contributed by atoms with Crippen molar-refractivity contribution < 1.29 is 37.3 Å². The summed E-state index contributed by atoms with van der Waals surface area (Å²) in [4.78, 5) is 37.5. The molecule has 0 rings (SSSR count). The van der Waals surface area contributed by atoms with E-state index in [1.807, 2.05) is 33.3 Å². The van der Waals surface area contributed by atoms with Gasteiger partial charge in [0.25, 0.3) is 0 Å². The van der Waals surface area contributed by atoms with Gasteiger partial charge in [-0.2, -0.15) is 0 Å². The molecule has 0 saturated heterocycles. The summed E-state index contributed by atoms with van der Waals surface area (Å²) in [6.07, 6.45) is 63.6. The third-order valence-corrected chi connectivity index (χ3v) is 13.9. The van der Waals surface area contributed by atoms with E-state index >= 15 is 0 Å². The van der Waals surface area contributed by atoms with Crippen LogP contribution in [0.4, 0.5) is 0 Å². The van der Waals surface area contributed by atoms with E-state index in [1.54, 1.807) is 0 Å². The molecule has 9 nitrogen and oxygen atoms in total. The molecule has 0 heterocycles. The number of quaternary nitrogens is 1. The standard InChI is InChI=1S/C61H113N2O7P/c1-7-10-13-16-19-22-25-26-27-28-29-30-31-32-33-34-35-36-39-42-45-48-51-54-61(65)70-59(52-49-46-43-40-37-23-20-17-14-11-8-2)58(57-69-71(66,67)68-56-55-63(4,5)6)62-60(64)53-50-47-44-41-38-24-21-18-15-12-9-3/h18-19,21-22,26-27,29-30,49,52,58-59H,7-17,20,23-25,28,31-48,50-51,53-57H2,1-6H3,(H-,62,64,66,67)/p+1/b21-18-,22-19-,27-26-,30-29-,52-49-. The van der Waals surface area contributed by atoms with E-state index in [9.17, 15) is 19.0 Å². The van der Waals surface area contributed by atoms with Gasteiger partial charge in [0.05, 0.1) is 33.8 Å². The fourth-order valence-electron chi connectivity index (χ4n) is 8.28. The van der Waals surface area contributed by atoms with Crippen LogP contribution in [0.5, 0.6) is 0 Å². The van der Waals surface area contributed by atoms with Crippen molar-refractivity contribution >= 4 is 19.7 Å². The van der Waals surface area contributed by atoms with Crippen molar-refractivity contribution in [3.8, 4) is 0 Å². The molecule has 414 valence electrons. The number of carbonyl (C=O) groups is 2. The maximum absolute atomic E-state index is 13.4. The fourth-order valence-corrected chi connectivity index (χ4v) is 9.02. The number of esters is 1. The van der Waals surface area contributed by atoms with Crippen LogP contribution in [0.2, 0.25) is 0 Å². The largest absolute Gasteiger partial charge is 0.472 e. The summed E-state index contributed by atoms with van der Waals surface area (Å²) in [6.45, 7) is 6.93. The lowest BCUT2D eigenvalue weighted by Gasteiger charge is -2.27. The van der Waals surface area contributed by atoms with Gasteiger partial charge in [-0.1, -0.05) is 223 Å². The Kier molecular flexibility index (Phi) is 49.6. The fraction of sp³-hybridized carbons (Fsp3) is 0.803. The Morgan fingerprint density at radius 3 is 1.37 bits per heavy atom. The quantitative estimate of drug-likeness (QED) is 0.0205. The van der Waals surface area contributed by atoms with Crippen LogP contribution in [0.25, 0.3) is 0 Å². The summed E-state index contributed by atoms with van der Waals surface area (Å²) in [6, 6.07) is -0.853. The van der Waals surface area contributed by atoms with Crippen molar-refractivity contribution in [3.63, 3.8) is 0 Å². The predicted octanol–water partition coefficient (Wildman–Crippen LogP) is 17.9. The molecule has 0 aliphatic heterocycles. The molecule has 0 aromatic carbocycles. The molecule has 0 aromatic rings. The van der Waals surface area contributed by atoms with Crippen molar-refractivity contribution in [2.24, 2.45) is 0 Å². The molecule has 0 bridgehead atoms. The minimum absolute atomic E-state index is 0.0370. The Labute approximate surface area is 439 Å². The van der Waals surface area contributed by atoms with Crippen LogP contribution in [0, 0.1) is 0 Å². The number of unbranched alkanes of at least 4 members (excludes halogenated alkanes) is 29. The van der Waals surface area contributed by atoms with Crippen LogP contribution in [0.1, 0.15) is 265 Å². The number of nitrogens with zero attached hydrogens (tertiary/aromatic N) is 1. The number of hydrogen-bond donors (Lipinski definition) is 2. The van der Waals surface area contributed by atoms with Gasteiger partial charge in [-0.3, -0.25) is 18.6 Å². The average molecular weight is 1020 g/mol. The predicted molar refractivity (Wildman–Crippen MR) is 305 cm³/mol. The van der Waals surface area contributed by atoms with Crippen LogP contribution in [-0.4, -0.2) is 74.3 Å². The van der Waals surface area contributed by atoms with Crippen molar-refractivity contribution in [1.82, 2.24) is 5.32 Å². The molecule has 3 atom stereocenters. The first-order valence-corrected chi connectivity index (χ1v) is 31.1. The van der Waals surface area contributed by atoms with Crippen molar-refractivity contribution in [2.45, 2.75) is 277 Å². The van der Waals surface area contributed by atoms with Crippen molar-refractivity contribution in [3.05, 3.63) is 60.8 Å². The topological polar surface area (TPSA) is 111 Å².